The van der Waals surface area contributed by atoms with E-state index in [-0.39, 0.29) is 5.41 Å². The molecule has 3 aliphatic rings. The first-order valence-corrected chi connectivity index (χ1v) is 22.4. The van der Waals surface area contributed by atoms with Crippen molar-refractivity contribution in [1.29, 1.82) is 0 Å². The molecular formula is C62H44N2. The zero-order valence-electron chi connectivity index (χ0n) is 35.8. The Hall–Kier alpha value is -7.94. The maximum atomic E-state index is 2.56. The highest BCUT2D eigenvalue weighted by molar-refractivity contribution is 6.11. The first-order valence-electron chi connectivity index (χ1n) is 22.4. The zero-order chi connectivity index (χ0) is 42.6. The smallest absolute Gasteiger partial charge is 0.0747 e. The lowest BCUT2D eigenvalue weighted by atomic mass is 9.69. The number of benzene rings is 10. The van der Waals surface area contributed by atoms with E-state index in [0.29, 0.717) is 0 Å². The summed E-state index contributed by atoms with van der Waals surface area (Å²) in [6.07, 6.45) is 0. The lowest BCUT2D eigenvalue weighted by Crippen LogP contribution is -2.28. The quantitative estimate of drug-likeness (QED) is 0.165. The number of fused-ring (bicyclic) bond motifs is 15. The molecule has 0 saturated heterocycles. The Morgan fingerprint density at radius 3 is 1.39 bits per heavy atom. The van der Waals surface area contributed by atoms with E-state index in [1.54, 1.807) is 0 Å². The second kappa shape index (κ2) is 13.8. The molecule has 64 heavy (non-hydrogen) atoms. The largest absolute Gasteiger partial charge is 0.310 e. The van der Waals surface area contributed by atoms with Crippen LogP contribution in [0.4, 0.5) is 34.1 Å². The Kier molecular flexibility index (Phi) is 7.90. The number of hydrogen-bond donors (Lipinski definition) is 0. The Morgan fingerprint density at radius 2 is 0.750 bits per heavy atom. The lowest BCUT2D eigenvalue weighted by Gasteiger charge is -2.37. The molecule has 0 N–H and O–H groups in total. The Bertz CT molecular complexity index is 3440. The van der Waals surface area contributed by atoms with E-state index in [9.17, 15) is 0 Å². The minimum Gasteiger partial charge on any atom is -0.310 e. The number of nitrogens with zero attached hydrogens (tertiary/aromatic N) is 2. The summed E-state index contributed by atoms with van der Waals surface area (Å²) < 4.78 is 0. The molecule has 0 amide bonds. The molecular weight excluding hydrogens is 773 g/mol. The van der Waals surface area contributed by atoms with Crippen molar-refractivity contribution in [3.05, 3.63) is 264 Å². The summed E-state index contributed by atoms with van der Waals surface area (Å²) >= 11 is 0. The molecule has 13 rings (SSSR count). The average Bonchev–Trinajstić information content (AvgIpc) is 3.91. The fraction of sp³-hybridized carbons (Fsp3) is 0.0645. The van der Waals surface area contributed by atoms with E-state index < -0.39 is 5.41 Å². The highest BCUT2D eigenvalue weighted by Crippen LogP contribution is 2.67. The molecule has 0 bridgehead atoms. The van der Waals surface area contributed by atoms with Crippen molar-refractivity contribution in [2.24, 2.45) is 0 Å². The molecule has 0 saturated carbocycles. The molecule has 2 heteroatoms. The van der Waals surface area contributed by atoms with Crippen LogP contribution in [-0.2, 0) is 10.8 Å². The maximum absolute atomic E-state index is 2.56. The van der Waals surface area contributed by atoms with Crippen molar-refractivity contribution < 1.29 is 0 Å². The van der Waals surface area contributed by atoms with Crippen LogP contribution in [0.15, 0.2) is 231 Å². The van der Waals surface area contributed by atoms with Crippen molar-refractivity contribution >= 4 is 44.9 Å². The Labute approximate surface area is 375 Å². The van der Waals surface area contributed by atoms with Crippen LogP contribution in [0.2, 0.25) is 0 Å². The third-order valence-electron chi connectivity index (χ3n) is 14.4. The van der Waals surface area contributed by atoms with Gasteiger partial charge in [0.15, 0.2) is 0 Å². The number of anilines is 6. The molecule has 0 aliphatic heterocycles. The van der Waals surface area contributed by atoms with Gasteiger partial charge < -0.3 is 9.80 Å². The summed E-state index contributed by atoms with van der Waals surface area (Å²) in [5.74, 6) is 0. The highest BCUT2D eigenvalue weighted by atomic mass is 15.2. The predicted octanol–water partition coefficient (Wildman–Crippen LogP) is 16.4. The van der Waals surface area contributed by atoms with E-state index in [0.717, 1.165) is 28.4 Å². The van der Waals surface area contributed by atoms with Crippen LogP contribution in [0.1, 0.15) is 47.2 Å². The molecule has 1 spiro atoms. The van der Waals surface area contributed by atoms with Gasteiger partial charge in [-0.05, 0) is 139 Å². The van der Waals surface area contributed by atoms with Crippen molar-refractivity contribution in [3.63, 3.8) is 0 Å². The molecule has 1 atom stereocenters. The molecule has 0 fully saturated rings. The van der Waals surface area contributed by atoms with Gasteiger partial charge in [-0.3, -0.25) is 0 Å². The standard InChI is InChI=1S/C62H44N2/c1-61(2)53-31-17-14-28-48(53)50-36-35-46(39-56(50)61)64(44-25-10-5-11-26-44)58-38-41-20-12-13-27-47(41)59-52-30-16-19-33-55(52)62(60(58)59)54-32-18-15-29-49(54)51-37-34-45(40-57(51)62)63(42-21-6-3-7-22-42)43-23-8-4-9-24-43/h3-40H,1-2H3. The molecule has 10 aromatic rings. The van der Waals surface area contributed by atoms with Gasteiger partial charge in [0.1, 0.15) is 0 Å². The van der Waals surface area contributed by atoms with Crippen LogP contribution in [0.25, 0.3) is 44.2 Å². The van der Waals surface area contributed by atoms with Gasteiger partial charge >= 0.3 is 0 Å². The molecule has 3 aliphatic carbocycles. The van der Waals surface area contributed by atoms with E-state index >= 15 is 0 Å². The lowest BCUT2D eigenvalue weighted by molar-refractivity contribution is 0.660. The van der Waals surface area contributed by atoms with E-state index in [4.69, 9.17) is 0 Å². The summed E-state index contributed by atoms with van der Waals surface area (Å²) in [6, 6.07) is 85.9. The molecule has 10 aromatic carbocycles. The van der Waals surface area contributed by atoms with Crippen molar-refractivity contribution in [3.8, 4) is 33.4 Å². The fourth-order valence-corrected chi connectivity index (χ4v) is 11.7. The number of hydrogen-bond acceptors (Lipinski definition) is 2. The maximum Gasteiger partial charge on any atom is 0.0747 e. The highest BCUT2D eigenvalue weighted by Gasteiger charge is 2.54. The molecule has 0 radical (unpaired) electrons. The van der Waals surface area contributed by atoms with E-state index in [1.807, 2.05) is 0 Å². The molecule has 0 aromatic heterocycles. The van der Waals surface area contributed by atoms with Crippen molar-refractivity contribution in [2.45, 2.75) is 24.7 Å². The van der Waals surface area contributed by atoms with Crippen molar-refractivity contribution in [2.75, 3.05) is 9.80 Å². The first-order chi connectivity index (χ1) is 31.5. The van der Waals surface area contributed by atoms with Gasteiger partial charge in [0.25, 0.3) is 0 Å². The summed E-state index contributed by atoms with van der Waals surface area (Å²) in [5, 5.41) is 2.49. The van der Waals surface area contributed by atoms with Crippen LogP contribution in [0, 0.1) is 0 Å². The molecule has 2 nitrogen and oxygen atoms in total. The topological polar surface area (TPSA) is 6.48 Å². The van der Waals surface area contributed by atoms with Gasteiger partial charge in [0.05, 0.1) is 11.1 Å². The zero-order valence-corrected chi connectivity index (χ0v) is 35.8. The molecule has 0 heterocycles. The molecule has 302 valence electrons. The van der Waals surface area contributed by atoms with Gasteiger partial charge in [0.2, 0.25) is 0 Å². The third-order valence-corrected chi connectivity index (χ3v) is 14.4. The summed E-state index contributed by atoms with van der Waals surface area (Å²) in [4.78, 5) is 4.96. The first kappa shape index (κ1) is 36.7. The van der Waals surface area contributed by atoms with Crippen LogP contribution < -0.4 is 9.80 Å². The second-order valence-electron chi connectivity index (χ2n) is 18.0. The minimum atomic E-state index is -0.647. The third kappa shape index (κ3) is 5.02. The second-order valence-corrected chi connectivity index (χ2v) is 18.0. The number of rotatable bonds is 6. The Morgan fingerprint density at radius 1 is 0.312 bits per heavy atom. The SMILES string of the molecule is CC1(C)c2ccccc2-c2ccc(N(c3ccccc3)c3cc4ccccc4c4c3C3(c5ccccc5-c5ccc(N(c6ccccc6)c6ccccc6)cc53)c3ccccc3-4)cc21. The van der Waals surface area contributed by atoms with Gasteiger partial charge in [-0.1, -0.05) is 178 Å². The fourth-order valence-electron chi connectivity index (χ4n) is 11.7. The van der Waals surface area contributed by atoms with E-state index in [2.05, 4.69) is 254 Å². The van der Waals surface area contributed by atoms with Crippen LogP contribution >= 0.6 is 0 Å². The summed E-state index contributed by atoms with van der Waals surface area (Å²) in [7, 11) is 0. The van der Waals surface area contributed by atoms with Crippen LogP contribution in [0.3, 0.4) is 0 Å². The average molecular weight is 817 g/mol. The Balaban J connectivity index is 1.15. The minimum absolute atomic E-state index is 0.157. The summed E-state index contributed by atoms with van der Waals surface area (Å²) in [6.45, 7) is 4.76. The van der Waals surface area contributed by atoms with Crippen LogP contribution in [0.5, 0.6) is 0 Å². The predicted molar refractivity (Wildman–Crippen MR) is 267 cm³/mol. The normalized spacial score (nSPS) is 15.5. The van der Waals surface area contributed by atoms with Gasteiger partial charge in [0, 0.05) is 39.4 Å². The molecule has 1 unspecified atom stereocenters. The van der Waals surface area contributed by atoms with E-state index in [1.165, 1.54) is 83.2 Å². The van der Waals surface area contributed by atoms with Gasteiger partial charge in [-0.15, -0.1) is 0 Å². The number of para-hydroxylation sites is 3. The van der Waals surface area contributed by atoms with Gasteiger partial charge in [-0.25, -0.2) is 0 Å². The monoisotopic (exact) mass is 816 g/mol. The van der Waals surface area contributed by atoms with Crippen LogP contribution in [-0.4, -0.2) is 0 Å². The van der Waals surface area contributed by atoms with Gasteiger partial charge in [-0.2, -0.15) is 0 Å². The van der Waals surface area contributed by atoms with Crippen molar-refractivity contribution in [1.82, 2.24) is 0 Å². The summed E-state index contributed by atoms with van der Waals surface area (Å²) in [5.41, 5.74) is 21.8.